The van der Waals surface area contributed by atoms with Gasteiger partial charge < -0.3 is 5.32 Å². The van der Waals surface area contributed by atoms with E-state index in [4.69, 9.17) is 23.2 Å². The van der Waals surface area contributed by atoms with Crippen LogP contribution < -0.4 is 5.32 Å². The normalized spacial score (nSPS) is 10.9. The molecule has 0 unspecified atom stereocenters. The van der Waals surface area contributed by atoms with Crippen LogP contribution in [0.5, 0.6) is 0 Å². The van der Waals surface area contributed by atoms with Crippen molar-refractivity contribution in [3.63, 3.8) is 0 Å². The lowest BCUT2D eigenvalue weighted by molar-refractivity contribution is 0.102. The first kappa shape index (κ1) is 17.0. The highest BCUT2D eigenvalue weighted by Crippen LogP contribution is 2.32. The molecule has 1 amide bonds. The lowest BCUT2D eigenvalue weighted by Gasteiger charge is -2.10. The molecule has 0 saturated heterocycles. The molecule has 124 valence electrons. The minimum Gasteiger partial charge on any atom is -0.306 e. The summed E-state index contributed by atoms with van der Waals surface area (Å²) in [5, 5.41) is 7.35. The zero-order valence-electron chi connectivity index (χ0n) is 13.4. The molecule has 0 aliphatic heterocycles. The molecule has 0 bridgehead atoms. The van der Waals surface area contributed by atoms with E-state index in [1.54, 1.807) is 10.7 Å². The van der Waals surface area contributed by atoms with Gasteiger partial charge in [0.25, 0.3) is 5.91 Å². The van der Waals surface area contributed by atoms with E-state index in [0.717, 1.165) is 22.5 Å². The van der Waals surface area contributed by atoms with Crippen LogP contribution >= 0.6 is 34.5 Å². The predicted molar refractivity (Wildman–Crippen MR) is 100 cm³/mol. The van der Waals surface area contributed by atoms with Gasteiger partial charge in [-0.2, -0.15) is 5.10 Å². The third-order valence-electron chi connectivity index (χ3n) is 3.43. The van der Waals surface area contributed by atoms with Crippen LogP contribution in [0, 0.1) is 20.8 Å². The molecule has 0 spiro atoms. The standard InChI is InChI=1S/C17H15Cl2N3OS/c1-9-4-10(2)6-12(5-9)22-15(7-11(3)21-22)20-17(23)13-8-14(18)24-16(13)19/h4-8H,1-3H3,(H,20,23). The van der Waals surface area contributed by atoms with E-state index in [-0.39, 0.29) is 5.91 Å². The van der Waals surface area contributed by atoms with Crippen LogP contribution in [0.15, 0.2) is 30.3 Å². The maximum Gasteiger partial charge on any atom is 0.259 e. The highest BCUT2D eigenvalue weighted by atomic mass is 35.5. The second kappa shape index (κ2) is 6.59. The van der Waals surface area contributed by atoms with E-state index >= 15 is 0 Å². The molecular weight excluding hydrogens is 365 g/mol. The molecule has 0 atom stereocenters. The average Bonchev–Trinajstić information content (AvgIpc) is 3.00. The smallest absolute Gasteiger partial charge is 0.259 e. The number of nitrogens with one attached hydrogen (secondary N) is 1. The van der Waals surface area contributed by atoms with Gasteiger partial charge in [0.2, 0.25) is 0 Å². The molecular formula is C17H15Cl2N3OS. The highest BCUT2D eigenvalue weighted by Gasteiger charge is 2.17. The van der Waals surface area contributed by atoms with E-state index in [2.05, 4.69) is 16.5 Å². The van der Waals surface area contributed by atoms with Crippen LogP contribution in [-0.2, 0) is 0 Å². The quantitative estimate of drug-likeness (QED) is 0.660. The average molecular weight is 380 g/mol. The Hall–Kier alpha value is -1.82. The first-order chi connectivity index (χ1) is 11.3. The summed E-state index contributed by atoms with van der Waals surface area (Å²) in [5.74, 6) is 0.273. The third-order valence-corrected chi connectivity index (χ3v) is 4.91. The van der Waals surface area contributed by atoms with Gasteiger partial charge in [0.15, 0.2) is 0 Å². The fourth-order valence-electron chi connectivity index (χ4n) is 2.54. The predicted octanol–water partition coefficient (Wildman–Crippen LogP) is 5.42. The minimum absolute atomic E-state index is 0.311. The van der Waals surface area contributed by atoms with Crippen molar-refractivity contribution < 1.29 is 4.79 Å². The van der Waals surface area contributed by atoms with Crippen LogP contribution in [0.3, 0.4) is 0 Å². The number of hydrogen-bond donors (Lipinski definition) is 1. The number of aryl methyl sites for hydroxylation is 3. The number of amides is 1. The van der Waals surface area contributed by atoms with Crippen molar-refractivity contribution in [1.82, 2.24) is 9.78 Å². The highest BCUT2D eigenvalue weighted by molar-refractivity contribution is 7.20. The second-order valence-corrected chi connectivity index (χ2v) is 7.91. The Balaban J connectivity index is 1.97. The van der Waals surface area contributed by atoms with Gasteiger partial charge in [0.1, 0.15) is 10.2 Å². The molecule has 0 radical (unpaired) electrons. The number of hydrogen-bond acceptors (Lipinski definition) is 3. The van der Waals surface area contributed by atoms with Crippen molar-refractivity contribution in [3.05, 3.63) is 61.4 Å². The van der Waals surface area contributed by atoms with Crippen LogP contribution in [0.25, 0.3) is 5.69 Å². The Bertz CT molecular complexity index is 910. The van der Waals surface area contributed by atoms with E-state index in [1.165, 1.54) is 11.3 Å². The SMILES string of the molecule is Cc1cc(C)cc(-n2nc(C)cc2NC(=O)c2cc(Cl)sc2Cl)c1. The van der Waals surface area contributed by atoms with Crippen molar-refractivity contribution >= 4 is 46.3 Å². The van der Waals surface area contributed by atoms with Gasteiger partial charge in [-0.15, -0.1) is 11.3 Å². The Labute approximate surface area is 154 Å². The van der Waals surface area contributed by atoms with Crippen molar-refractivity contribution in [2.24, 2.45) is 0 Å². The van der Waals surface area contributed by atoms with Crippen LogP contribution in [0.2, 0.25) is 8.67 Å². The van der Waals surface area contributed by atoms with Crippen molar-refractivity contribution in [2.75, 3.05) is 5.32 Å². The molecule has 0 aliphatic rings. The maximum atomic E-state index is 12.5. The van der Waals surface area contributed by atoms with Gasteiger partial charge in [-0.1, -0.05) is 29.3 Å². The summed E-state index contributed by atoms with van der Waals surface area (Å²) in [6.07, 6.45) is 0. The Morgan fingerprint density at radius 1 is 1.08 bits per heavy atom. The number of halogens is 2. The zero-order valence-corrected chi connectivity index (χ0v) is 15.7. The Morgan fingerprint density at radius 2 is 1.75 bits per heavy atom. The lowest BCUT2D eigenvalue weighted by atomic mass is 10.1. The summed E-state index contributed by atoms with van der Waals surface area (Å²) < 4.78 is 2.56. The summed E-state index contributed by atoms with van der Waals surface area (Å²) >= 11 is 13.1. The topological polar surface area (TPSA) is 46.9 Å². The van der Waals surface area contributed by atoms with Gasteiger partial charge in [-0.05, 0) is 50.1 Å². The van der Waals surface area contributed by atoms with Gasteiger partial charge >= 0.3 is 0 Å². The number of benzene rings is 1. The molecule has 0 saturated carbocycles. The van der Waals surface area contributed by atoms with Crippen LogP contribution in [-0.4, -0.2) is 15.7 Å². The number of aromatic nitrogens is 2. The first-order valence-electron chi connectivity index (χ1n) is 7.25. The lowest BCUT2D eigenvalue weighted by Crippen LogP contribution is -2.15. The summed E-state index contributed by atoms with van der Waals surface area (Å²) in [4.78, 5) is 12.5. The molecule has 2 aromatic heterocycles. The summed E-state index contributed by atoms with van der Waals surface area (Å²) in [5.41, 5.74) is 4.31. The number of rotatable bonds is 3. The molecule has 3 aromatic rings. The van der Waals surface area contributed by atoms with E-state index < -0.39 is 0 Å². The van der Waals surface area contributed by atoms with Crippen LogP contribution in [0.1, 0.15) is 27.2 Å². The van der Waals surface area contributed by atoms with Gasteiger partial charge in [0.05, 0.1) is 21.3 Å². The number of carbonyl (C=O) groups excluding carboxylic acids is 1. The van der Waals surface area contributed by atoms with E-state index in [0.29, 0.717) is 20.1 Å². The number of nitrogens with zero attached hydrogens (tertiary/aromatic N) is 2. The van der Waals surface area contributed by atoms with Crippen molar-refractivity contribution in [1.29, 1.82) is 0 Å². The molecule has 7 heteroatoms. The van der Waals surface area contributed by atoms with Gasteiger partial charge in [-0.25, -0.2) is 4.68 Å². The van der Waals surface area contributed by atoms with Crippen LogP contribution in [0.4, 0.5) is 5.82 Å². The summed E-state index contributed by atoms with van der Waals surface area (Å²) in [7, 11) is 0. The van der Waals surface area contributed by atoms with Gasteiger partial charge in [-0.3, -0.25) is 4.79 Å². The maximum absolute atomic E-state index is 12.5. The second-order valence-electron chi connectivity index (χ2n) is 5.62. The Kier molecular flexibility index (Phi) is 4.67. The fourth-order valence-corrected chi connectivity index (χ4v) is 4.00. The zero-order chi connectivity index (χ0) is 17.4. The fraction of sp³-hybridized carbons (Fsp3) is 0.176. The molecule has 0 aliphatic carbocycles. The molecule has 24 heavy (non-hydrogen) atoms. The van der Waals surface area contributed by atoms with Crippen molar-refractivity contribution in [2.45, 2.75) is 20.8 Å². The molecule has 4 nitrogen and oxygen atoms in total. The minimum atomic E-state index is -0.311. The van der Waals surface area contributed by atoms with E-state index in [1.807, 2.05) is 39.0 Å². The molecule has 1 aromatic carbocycles. The van der Waals surface area contributed by atoms with Gasteiger partial charge in [0, 0.05) is 6.07 Å². The number of anilines is 1. The molecule has 3 rings (SSSR count). The monoisotopic (exact) mass is 379 g/mol. The summed E-state index contributed by atoms with van der Waals surface area (Å²) in [6, 6.07) is 9.50. The summed E-state index contributed by atoms with van der Waals surface area (Å²) in [6.45, 7) is 5.93. The largest absolute Gasteiger partial charge is 0.306 e. The third kappa shape index (κ3) is 3.48. The first-order valence-corrected chi connectivity index (χ1v) is 8.82. The molecule has 0 fully saturated rings. The number of carbonyl (C=O) groups is 1. The molecule has 1 N–H and O–H groups in total. The molecule has 2 heterocycles. The van der Waals surface area contributed by atoms with E-state index in [9.17, 15) is 4.79 Å². The van der Waals surface area contributed by atoms with Crippen molar-refractivity contribution in [3.8, 4) is 5.69 Å². The Morgan fingerprint density at radius 3 is 2.33 bits per heavy atom. The number of thiophene rings is 1.